The Labute approximate surface area is 122 Å². The van der Waals surface area contributed by atoms with Crippen LogP contribution in [0.3, 0.4) is 0 Å². The average molecular weight is 274 g/mol. The molecule has 1 fully saturated rings. The van der Waals surface area contributed by atoms with Gasteiger partial charge in [-0.2, -0.15) is 0 Å². The number of unbranched alkanes of at least 4 members (excludes halogenated alkanes) is 1. The topological polar surface area (TPSA) is 26.3 Å². The second kappa shape index (κ2) is 8.08. The van der Waals surface area contributed by atoms with Crippen molar-refractivity contribution in [1.82, 2.24) is 0 Å². The highest BCUT2D eigenvalue weighted by Crippen LogP contribution is 2.24. The maximum absolute atomic E-state index is 12.1. The van der Waals surface area contributed by atoms with Gasteiger partial charge in [0.05, 0.1) is 0 Å². The molecule has 20 heavy (non-hydrogen) atoms. The van der Waals surface area contributed by atoms with Crippen molar-refractivity contribution >= 4 is 5.78 Å². The first-order chi connectivity index (χ1) is 9.79. The third kappa shape index (κ3) is 4.66. The van der Waals surface area contributed by atoms with Crippen molar-refractivity contribution in [3.05, 3.63) is 29.8 Å². The summed E-state index contributed by atoms with van der Waals surface area (Å²) in [6.07, 6.45) is 9.34. The van der Waals surface area contributed by atoms with Crippen molar-refractivity contribution in [2.45, 2.75) is 58.3 Å². The summed E-state index contributed by atoms with van der Waals surface area (Å²) in [4.78, 5) is 12.1. The van der Waals surface area contributed by atoms with Crippen LogP contribution in [0.5, 0.6) is 5.75 Å². The lowest BCUT2D eigenvalue weighted by Gasteiger charge is -2.20. The van der Waals surface area contributed by atoms with E-state index in [9.17, 15) is 4.79 Å². The molecule has 0 bridgehead atoms. The Balaban J connectivity index is 1.76. The molecule has 0 amide bonds. The zero-order chi connectivity index (χ0) is 14.2. The summed E-state index contributed by atoms with van der Waals surface area (Å²) in [5.74, 6) is 1.33. The number of rotatable bonds is 7. The molecule has 0 atom stereocenters. The predicted molar refractivity (Wildman–Crippen MR) is 82.1 cm³/mol. The van der Waals surface area contributed by atoms with Gasteiger partial charge in [0, 0.05) is 5.92 Å². The van der Waals surface area contributed by atoms with Gasteiger partial charge in [0.2, 0.25) is 0 Å². The number of hydrogen-bond acceptors (Lipinski definition) is 2. The number of Topliss-reactive ketones (excluding diaryl/α,β-unsaturated/α-hetero) is 1. The Kier molecular flexibility index (Phi) is 6.10. The molecule has 0 saturated heterocycles. The summed E-state index contributed by atoms with van der Waals surface area (Å²) in [5, 5.41) is 0. The Morgan fingerprint density at radius 1 is 1.15 bits per heavy atom. The molecular formula is C18H26O2. The molecule has 1 aromatic rings. The van der Waals surface area contributed by atoms with Gasteiger partial charge in [-0.1, -0.05) is 44.7 Å². The molecule has 0 aromatic heterocycles. The van der Waals surface area contributed by atoms with E-state index in [4.69, 9.17) is 4.74 Å². The standard InChI is InChI=1S/C18H26O2/c1-2-3-7-15-10-12-17(13-11-15)20-14-18(19)16-8-5-4-6-9-16/h10-13,16H,2-9,14H2,1H3. The summed E-state index contributed by atoms with van der Waals surface area (Å²) in [6, 6.07) is 8.18. The van der Waals surface area contributed by atoms with E-state index < -0.39 is 0 Å². The largest absolute Gasteiger partial charge is 0.486 e. The second-order valence-electron chi connectivity index (χ2n) is 5.84. The van der Waals surface area contributed by atoms with Crippen LogP contribution in [-0.2, 0) is 11.2 Å². The number of benzene rings is 1. The summed E-state index contributed by atoms with van der Waals surface area (Å²) >= 11 is 0. The first-order valence-corrected chi connectivity index (χ1v) is 8.04. The monoisotopic (exact) mass is 274 g/mol. The van der Waals surface area contributed by atoms with Crippen LogP contribution in [0.15, 0.2) is 24.3 Å². The summed E-state index contributed by atoms with van der Waals surface area (Å²) < 4.78 is 5.63. The smallest absolute Gasteiger partial charge is 0.173 e. The van der Waals surface area contributed by atoms with Crippen LogP contribution in [0.25, 0.3) is 0 Å². The third-order valence-electron chi connectivity index (χ3n) is 4.18. The van der Waals surface area contributed by atoms with Crippen molar-refractivity contribution in [3.63, 3.8) is 0 Å². The fourth-order valence-electron chi connectivity index (χ4n) is 2.83. The van der Waals surface area contributed by atoms with Crippen molar-refractivity contribution in [2.75, 3.05) is 6.61 Å². The Morgan fingerprint density at radius 2 is 1.85 bits per heavy atom. The van der Waals surface area contributed by atoms with E-state index in [1.54, 1.807) is 0 Å². The number of ether oxygens (including phenoxy) is 1. The second-order valence-corrected chi connectivity index (χ2v) is 5.84. The summed E-state index contributed by atoms with van der Waals surface area (Å²) in [5.41, 5.74) is 1.35. The summed E-state index contributed by atoms with van der Waals surface area (Å²) in [7, 11) is 0. The van der Waals surface area contributed by atoms with Crippen molar-refractivity contribution in [3.8, 4) is 5.75 Å². The van der Waals surface area contributed by atoms with Crippen molar-refractivity contribution < 1.29 is 9.53 Å². The zero-order valence-corrected chi connectivity index (χ0v) is 12.6. The lowest BCUT2D eigenvalue weighted by molar-refractivity contribution is -0.125. The van der Waals surface area contributed by atoms with E-state index in [1.165, 1.54) is 37.7 Å². The van der Waals surface area contributed by atoms with Gasteiger partial charge in [0.15, 0.2) is 5.78 Å². The highest BCUT2D eigenvalue weighted by Gasteiger charge is 2.21. The van der Waals surface area contributed by atoms with E-state index in [1.807, 2.05) is 12.1 Å². The van der Waals surface area contributed by atoms with Crippen LogP contribution in [0.1, 0.15) is 57.4 Å². The van der Waals surface area contributed by atoms with Crippen LogP contribution in [0, 0.1) is 5.92 Å². The molecule has 1 aromatic carbocycles. The SMILES string of the molecule is CCCCc1ccc(OCC(=O)C2CCCCC2)cc1. The minimum Gasteiger partial charge on any atom is -0.486 e. The van der Waals surface area contributed by atoms with Gasteiger partial charge < -0.3 is 4.74 Å². The van der Waals surface area contributed by atoms with Crippen LogP contribution >= 0.6 is 0 Å². The van der Waals surface area contributed by atoms with E-state index in [-0.39, 0.29) is 18.3 Å². The number of hydrogen-bond donors (Lipinski definition) is 0. The lowest BCUT2D eigenvalue weighted by atomic mass is 9.86. The third-order valence-corrected chi connectivity index (χ3v) is 4.18. The highest BCUT2D eigenvalue weighted by atomic mass is 16.5. The molecule has 0 N–H and O–H groups in total. The fraction of sp³-hybridized carbons (Fsp3) is 0.611. The quantitative estimate of drug-likeness (QED) is 0.728. The average Bonchev–Trinajstić information content (AvgIpc) is 2.52. The van der Waals surface area contributed by atoms with Gasteiger partial charge in [0.1, 0.15) is 12.4 Å². The maximum atomic E-state index is 12.1. The molecule has 110 valence electrons. The molecule has 0 spiro atoms. The van der Waals surface area contributed by atoms with Crippen LogP contribution in [0.2, 0.25) is 0 Å². The van der Waals surface area contributed by atoms with Gasteiger partial charge in [-0.25, -0.2) is 0 Å². The zero-order valence-electron chi connectivity index (χ0n) is 12.6. The highest BCUT2D eigenvalue weighted by molar-refractivity contribution is 5.82. The number of ketones is 1. The first-order valence-electron chi connectivity index (χ1n) is 8.04. The minimum absolute atomic E-state index is 0.235. The molecular weight excluding hydrogens is 248 g/mol. The molecule has 0 aliphatic heterocycles. The summed E-state index contributed by atoms with van der Waals surface area (Å²) in [6.45, 7) is 2.44. The molecule has 1 aliphatic carbocycles. The van der Waals surface area contributed by atoms with Crippen molar-refractivity contribution in [2.24, 2.45) is 5.92 Å². The number of aryl methyl sites for hydroxylation is 1. The van der Waals surface area contributed by atoms with Crippen LogP contribution in [0.4, 0.5) is 0 Å². The molecule has 1 aliphatic rings. The lowest BCUT2D eigenvalue weighted by Crippen LogP contribution is -2.23. The predicted octanol–water partition coefficient (Wildman–Crippen LogP) is 4.56. The minimum atomic E-state index is 0.235. The number of carbonyl (C=O) groups excluding carboxylic acids is 1. The molecule has 2 nitrogen and oxygen atoms in total. The van der Waals surface area contributed by atoms with Gasteiger partial charge in [-0.15, -0.1) is 0 Å². The van der Waals surface area contributed by atoms with E-state index >= 15 is 0 Å². The van der Waals surface area contributed by atoms with Crippen LogP contribution < -0.4 is 4.74 Å². The Hall–Kier alpha value is -1.31. The molecule has 2 heteroatoms. The normalized spacial score (nSPS) is 16.1. The van der Waals surface area contributed by atoms with Crippen molar-refractivity contribution in [1.29, 1.82) is 0 Å². The van der Waals surface area contributed by atoms with Gasteiger partial charge >= 0.3 is 0 Å². The Morgan fingerprint density at radius 3 is 2.50 bits per heavy atom. The molecule has 0 unspecified atom stereocenters. The molecule has 1 saturated carbocycles. The number of carbonyl (C=O) groups is 1. The Bertz CT molecular complexity index is 402. The van der Waals surface area contributed by atoms with E-state index in [0.717, 1.165) is 25.0 Å². The van der Waals surface area contributed by atoms with Gasteiger partial charge in [0.25, 0.3) is 0 Å². The fourth-order valence-corrected chi connectivity index (χ4v) is 2.83. The maximum Gasteiger partial charge on any atom is 0.173 e. The van der Waals surface area contributed by atoms with Gasteiger partial charge in [-0.3, -0.25) is 4.79 Å². The first kappa shape index (κ1) is 15.1. The van der Waals surface area contributed by atoms with Gasteiger partial charge in [-0.05, 0) is 43.4 Å². The molecule has 2 rings (SSSR count). The van der Waals surface area contributed by atoms with E-state index in [0.29, 0.717) is 0 Å². The van der Waals surface area contributed by atoms with Crippen LogP contribution in [-0.4, -0.2) is 12.4 Å². The van der Waals surface area contributed by atoms with E-state index in [2.05, 4.69) is 19.1 Å². The molecule has 0 radical (unpaired) electrons. The molecule has 0 heterocycles.